The van der Waals surface area contributed by atoms with Gasteiger partial charge in [0.2, 0.25) is 0 Å². The summed E-state index contributed by atoms with van der Waals surface area (Å²) in [5.74, 6) is 1.23. The van der Waals surface area contributed by atoms with Gasteiger partial charge in [0, 0.05) is 13.3 Å². The lowest BCUT2D eigenvalue weighted by Crippen LogP contribution is -2.29. The first-order valence-corrected chi connectivity index (χ1v) is 6.01. The van der Waals surface area contributed by atoms with Gasteiger partial charge in [0.1, 0.15) is 11.3 Å². The fraction of sp³-hybridized carbons (Fsp3) is 0.500. The molecule has 0 bridgehead atoms. The number of imidazole rings is 1. The Morgan fingerprint density at radius 1 is 1.47 bits per heavy atom. The Balaban J connectivity index is 2.50. The van der Waals surface area contributed by atoms with E-state index in [0.29, 0.717) is 12.4 Å². The van der Waals surface area contributed by atoms with Crippen LogP contribution < -0.4 is 0 Å². The van der Waals surface area contributed by atoms with Gasteiger partial charge in [0.15, 0.2) is 0 Å². The van der Waals surface area contributed by atoms with Crippen LogP contribution in [0.1, 0.15) is 19.7 Å². The van der Waals surface area contributed by atoms with Crippen LogP contribution in [-0.2, 0) is 17.2 Å². The van der Waals surface area contributed by atoms with Gasteiger partial charge in [-0.05, 0) is 19.9 Å². The molecule has 2 heterocycles. The highest BCUT2D eigenvalue weighted by molar-refractivity contribution is 6.16. The molecule has 0 N–H and O–H groups in total. The molecule has 2 aromatic rings. The molecule has 0 atom stereocenters. The van der Waals surface area contributed by atoms with Gasteiger partial charge in [0.05, 0.1) is 29.7 Å². The average Bonchev–Trinajstić information content (AvgIpc) is 2.67. The molecular formula is C12H16ClN3O. The smallest absolute Gasteiger partial charge is 0.125 e. The zero-order valence-corrected chi connectivity index (χ0v) is 11.0. The number of fused-ring (bicyclic) bond motifs is 1. The largest absolute Gasteiger partial charge is 0.377 e. The maximum absolute atomic E-state index is 5.93. The van der Waals surface area contributed by atoms with E-state index < -0.39 is 0 Å². The predicted octanol–water partition coefficient (Wildman–Crippen LogP) is 2.60. The third kappa shape index (κ3) is 2.42. The van der Waals surface area contributed by atoms with Crippen LogP contribution in [0.5, 0.6) is 0 Å². The molecule has 0 aliphatic heterocycles. The molecule has 0 amide bonds. The molecule has 4 nitrogen and oxygen atoms in total. The summed E-state index contributed by atoms with van der Waals surface area (Å²) in [6, 6.07) is 1.95. The Morgan fingerprint density at radius 3 is 2.88 bits per heavy atom. The maximum Gasteiger partial charge on any atom is 0.125 e. The summed E-state index contributed by atoms with van der Waals surface area (Å²) < 4.78 is 7.54. The number of alkyl halides is 1. The number of hydrogen-bond donors (Lipinski definition) is 0. The van der Waals surface area contributed by atoms with E-state index in [-0.39, 0.29) is 5.60 Å². The van der Waals surface area contributed by atoms with Gasteiger partial charge in [-0.25, -0.2) is 4.98 Å². The highest BCUT2D eigenvalue weighted by atomic mass is 35.5. The van der Waals surface area contributed by atoms with Crippen molar-refractivity contribution in [1.82, 2.24) is 14.5 Å². The predicted molar refractivity (Wildman–Crippen MR) is 68.2 cm³/mol. The van der Waals surface area contributed by atoms with Crippen molar-refractivity contribution >= 4 is 22.6 Å². The molecule has 17 heavy (non-hydrogen) atoms. The fourth-order valence-electron chi connectivity index (χ4n) is 1.76. The third-order valence-corrected chi connectivity index (χ3v) is 3.08. The normalized spacial score (nSPS) is 12.2. The Morgan fingerprint density at radius 2 is 2.24 bits per heavy atom. The van der Waals surface area contributed by atoms with Gasteiger partial charge >= 0.3 is 0 Å². The second-order valence-electron chi connectivity index (χ2n) is 4.58. The minimum atomic E-state index is -0.252. The third-order valence-electron chi connectivity index (χ3n) is 2.84. The molecule has 5 heteroatoms. The van der Waals surface area contributed by atoms with Crippen molar-refractivity contribution in [1.29, 1.82) is 0 Å². The second-order valence-corrected chi connectivity index (χ2v) is 4.84. The van der Waals surface area contributed by atoms with E-state index in [1.807, 2.05) is 19.9 Å². The van der Waals surface area contributed by atoms with E-state index in [0.717, 1.165) is 16.9 Å². The fourth-order valence-corrected chi connectivity index (χ4v) is 1.96. The molecule has 0 saturated carbocycles. The SMILES string of the molecule is COC(C)(C)Cn1c(CCl)nc2cnccc21. The molecule has 0 radical (unpaired) electrons. The molecule has 0 fully saturated rings. The molecule has 0 unspecified atom stereocenters. The first-order valence-electron chi connectivity index (χ1n) is 5.47. The van der Waals surface area contributed by atoms with Crippen molar-refractivity contribution in [3.63, 3.8) is 0 Å². The Kier molecular flexibility index (Phi) is 3.35. The van der Waals surface area contributed by atoms with E-state index in [1.165, 1.54) is 0 Å². The summed E-state index contributed by atoms with van der Waals surface area (Å²) in [5.41, 5.74) is 1.66. The molecule has 2 aromatic heterocycles. The number of nitrogens with zero attached hydrogens (tertiary/aromatic N) is 3. The monoisotopic (exact) mass is 253 g/mol. The lowest BCUT2D eigenvalue weighted by molar-refractivity contribution is 0.00854. The summed E-state index contributed by atoms with van der Waals surface area (Å²) in [5, 5.41) is 0. The molecular weight excluding hydrogens is 238 g/mol. The minimum absolute atomic E-state index is 0.252. The molecule has 0 aromatic carbocycles. The van der Waals surface area contributed by atoms with Crippen LogP contribution in [0, 0.1) is 0 Å². The van der Waals surface area contributed by atoms with E-state index in [4.69, 9.17) is 16.3 Å². The number of hydrogen-bond acceptors (Lipinski definition) is 3. The van der Waals surface area contributed by atoms with Gasteiger partial charge in [-0.1, -0.05) is 0 Å². The second kappa shape index (κ2) is 4.63. The Bertz CT molecular complexity index is 521. The summed E-state index contributed by atoms with van der Waals surface area (Å²) in [6.07, 6.45) is 3.51. The van der Waals surface area contributed by atoms with Crippen LogP contribution in [-0.4, -0.2) is 27.2 Å². The van der Waals surface area contributed by atoms with Crippen LogP contribution in [0.3, 0.4) is 0 Å². The molecule has 0 spiro atoms. The van der Waals surface area contributed by atoms with Crippen LogP contribution >= 0.6 is 11.6 Å². The number of halogens is 1. The maximum atomic E-state index is 5.93. The number of rotatable bonds is 4. The number of ether oxygens (including phenoxy) is 1. The van der Waals surface area contributed by atoms with Crippen molar-refractivity contribution in [3.05, 3.63) is 24.3 Å². The average molecular weight is 254 g/mol. The van der Waals surface area contributed by atoms with Crippen molar-refractivity contribution in [2.75, 3.05) is 7.11 Å². The number of pyridine rings is 1. The lowest BCUT2D eigenvalue weighted by Gasteiger charge is -2.24. The molecule has 2 rings (SSSR count). The van der Waals surface area contributed by atoms with Gasteiger partial charge in [-0.15, -0.1) is 11.6 Å². The van der Waals surface area contributed by atoms with Crippen molar-refractivity contribution < 1.29 is 4.74 Å². The van der Waals surface area contributed by atoms with E-state index in [1.54, 1.807) is 19.5 Å². The zero-order valence-electron chi connectivity index (χ0n) is 10.3. The van der Waals surface area contributed by atoms with Crippen molar-refractivity contribution in [3.8, 4) is 0 Å². The highest BCUT2D eigenvalue weighted by Gasteiger charge is 2.20. The van der Waals surface area contributed by atoms with Crippen LogP contribution in [0.2, 0.25) is 0 Å². The molecule has 92 valence electrons. The van der Waals surface area contributed by atoms with Crippen molar-refractivity contribution in [2.45, 2.75) is 31.9 Å². The van der Waals surface area contributed by atoms with Gasteiger partial charge in [0.25, 0.3) is 0 Å². The van der Waals surface area contributed by atoms with Gasteiger partial charge in [-0.3, -0.25) is 4.98 Å². The van der Waals surface area contributed by atoms with E-state index in [9.17, 15) is 0 Å². The first-order chi connectivity index (χ1) is 8.07. The van der Waals surface area contributed by atoms with Crippen LogP contribution in [0.25, 0.3) is 11.0 Å². The first kappa shape index (κ1) is 12.3. The Labute approximate surface area is 106 Å². The zero-order chi connectivity index (χ0) is 12.5. The lowest BCUT2D eigenvalue weighted by atomic mass is 10.1. The number of aromatic nitrogens is 3. The Hall–Kier alpha value is -1.13. The summed E-state index contributed by atoms with van der Waals surface area (Å²) in [4.78, 5) is 8.53. The number of methoxy groups -OCH3 is 1. The summed E-state index contributed by atoms with van der Waals surface area (Å²) in [7, 11) is 1.71. The molecule has 0 aliphatic rings. The standard InChI is InChI=1S/C12H16ClN3O/c1-12(2,17-3)8-16-10-4-5-14-7-9(10)15-11(16)6-13/h4-5,7H,6,8H2,1-3H3. The highest BCUT2D eigenvalue weighted by Crippen LogP contribution is 2.20. The molecule has 0 saturated heterocycles. The quantitative estimate of drug-likeness (QED) is 0.787. The topological polar surface area (TPSA) is 39.9 Å². The van der Waals surface area contributed by atoms with Crippen molar-refractivity contribution in [2.24, 2.45) is 0 Å². The van der Waals surface area contributed by atoms with Gasteiger partial charge in [-0.2, -0.15) is 0 Å². The summed E-state index contributed by atoms with van der Waals surface area (Å²) in [6.45, 7) is 4.79. The summed E-state index contributed by atoms with van der Waals surface area (Å²) >= 11 is 5.93. The van der Waals surface area contributed by atoms with Gasteiger partial charge < -0.3 is 9.30 Å². The van der Waals surface area contributed by atoms with E-state index in [2.05, 4.69) is 14.5 Å². The van der Waals surface area contributed by atoms with E-state index >= 15 is 0 Å². The molecule has 0 aliphatic carbocycles. The van der Waals surface area contributed by atoms with Crippen LogP contribution in [0.4, 0.5) is 0 Å². The van der Waals surface area contributed by atoms with Crippen LogP contribution in [0.15, 0.2) is 18.5 Å². The minimum Gasteiger partial charge on any atom is -0.377 e.